The SMILES string of the molecule is Cc1ccc(NC(=O)CSc2nnc(-c3cccnc3)n2CCc2ccccc2)cc1Cl. The fraction of sp³-hybridized carbons (Fsp3) is 0.167. The van der Waals surface area contributed by atoms with E-state index >= 15 is 0 Å². The standard InChI is InChI=1S/C24H22ClN5OS/c1-17-9-10-20(14-21(17)25)27-22(31)16-32-24-29-28-23(19-8-5-12-26-15-19)30(24)13-11-18-6-3-2-4-7-18/h2-10,12,14-15H,11,13,16H2,1H3,(H,27,31). The Kier molecular flexibility index (Phi) is 7.19. The summed E-state index contributed by atoms with van der Waals surface area (Å²) in [6.45, 7) is 2.62. The molecule has 1 N–H and O–H groups in total. The topological polar surface area (TPSA) is 72.7 Å². The second-order valence-electron chi connectivity index (χ2n) is 7.24. The number of benzene rings is 2. The molecule has 1 amide bonds. The summed E-state index contributed by atoms with van der Waals surface area (Å²) in [6, 6.07) is 19.6. The van der Waals surface area contributed by atoms with Crippen LogP contribution in [0.3, 0.4) is 0 Å². The normalized spacial score (nSPS) is 10.8. The third kappa shape index (κ3) is 5.55. The van der Waals surface area contributed by atoms with Crippen molar-refractivity contribution in [1.29, 1.82) is 0 Å². The van der Waals surface area contributed by atoms with Crippen LogP contribution in [0.5, 0.6) is 0 Å². The molecule has 2 aromatic heterocycles. The molecule has 8 heteroatoms. The van der Waals surface area contributed by atoms with Crippen LogP contribution in [0.4, 0.5) is 5.69 Å². The lowest BCUT2D eigenvalue weighted by atomic mass is 10.1. The van der Waals surface area contributed by atoms with Crippen molar-refractivity contribution in [2.24, 2.45) is 0 Å². The van der Waals surface area contributed by atoms with Gasteiger partial charge in [0.25, 0.3) is 0 Å². The van der Waals surface area contributed by atoms with E-state index in [9.17, 15) is 4.79 Å². The lowest BCUT2D eigenvalue weighted by Crippen LogP contribution is -2.15. The first-order valence-corrected chi connectivity index (χ1v) is 11.5. The van der Waals surface area contributed by atoms with Gasteiger partial charge < -0.3 is 9.88 Å². The van der Waals surface area contributed by atoms with E-state index in [1.54, 1.807) is 18.5 Å². The van der Waals surface area contributed by atoms with Crippen molar-refractivity contribution in [1.82, 2.24) is 19.7 Å². The molecule has 0 saturated carbocycles. The quantitative estimate of drug-likeness (QED) is 0.360. The molecular formula is C24H22ClN5OS. The van der Waals surface area contributed by atoms with Gasteiger partial charge in [-0.1, -0.05) is 59.8 Å². The number of carbonyl (C=O) groups excluding carboxylic acids is 1. The number of nitrogens with zero attached hydrogens (tertiary/aromatic N) is 4. The Morgan fingerprint density at radius 1 is 1.09 bits per heavy atom. The highest BCUT2D eigenvalue weighted by Crippen LogP contribution is 2.25. The number of nitrogens with one attached hydrogen (secondary N) is 1. The van der Waals surface area contributed by atoms with Crippen LogP contribution in [0.2, 0.25) is 5.02 Å². The summed E-state index contributed by atoms with van der Waals surface area (Å²) in [5.41, 5.74) is 3.75. The number of hydrogen-bond acceptors (Lipinski definition) is 5. The molecule has 0 aliphatic heterocycles. The lowest BCUT2D eigenvalue weighted by Gasteiger charge is -2.11. The Balaban J connectivity index is 1.49. The highest BCUT2D eigenvalue weighted by molar-refractivity contribution is 7.99. The molecule has 0 aliphatic carbocycles. The van der Waals surface area contributed by atoms with E-state index in [2.05, 4.69) is 32.6 Å². The molecule has 4 rings (SSSR count). The minimum absolute atomic E-state index is 0.129. The van der Waals surface area contributed by atoms with Gasteiger partial charge in [0.15, 0.2) is 11.0 Å². The van der Waals surface area contributed by atoms with E-state index in [0.717, 1.165) is 23.4 Å². The van der Waals surface area contributed by atoms with E-state index in [1.165, 1.54) is 17.3 Å². The zero-order valence-electron chi connectivity index (χ0n) is 17.5. The van der Waals surface area contributed by atoms with Crippen LogP contribution in [-0.4, -0.2) is 31.4 Å². The predicted octanol–water partition coefficient (Wildman–Crippen LogP) is 5.28. The summed E-state index contributed by atoms with van der Waals surface area (Å²) >= 11 is 7.51. The molecular weight excluding hydrogens is 442 g/mol. The number of anilines is 1. The van der Waals surface area contributed by atoms with Crippen LogP contribution in [0.15, 0.2) is 78.2 Å². The van der Waals surface area contributed by atoms with E-state index in [0.29, 0.717) is 22.4 Å². The molecule has 0 bridgehead atoms. The second kappa shape index (κ2) is 10.4. The molecule has 2 aromatic carbocycles. The summed E-state index contributed by atoms with van der Waals surface area (Å²) in [7, 11) is 0. The van der Waals surface area contributed by atoms with Gasteiger partial charge in [0.2, 0.25) is 5.91 Å². The fourth-order valence-corrected chi connectivity index (χ4v) is 4.13. The molecule has 6 nitrogen and oxygen atoms in total. The van der Waals surface area contributed by atoms with Crippen molar-refractivity contribution in [2.45, 2.75) is 25.0 Å². The lowest BCUT2D eigenvalue weighted by molar-refractivity contribution is -0.113. The van der Waals surface area contributed by atoms with E-state index in [4.69, 9.17) is 11.6 Å². The number of rotatable bonds is 8. The van der Waals surface area contributed by atoms with Crippen molar-refractivity contribution in [3.63, 3.8) is 0 Å². The third-order valence-electron chi connectivity index (χ3n) is 4.89. The summed E-state index contributed by atoms with van der Waals surface area (Å²) in [5, 5.41) is 12.9. The van der Waals surface area contributed by atoms with Crippen LogP contribution in [0.25, 0.3) is 11.4 Å². The van der Waals surface area contributed by atoms with Gasteiger partial charge >= 0.3 is 0 Å². The Morgan fingerprint density at radius 2 is 1.94 bits per heavy atom. The maximum Gasteiger partial charge on any atom is 0.234 e. The fourth-order valence-electron chi connectivity index (χ4n) is 3.19. The first-order valence-electron chi connectivity index (χ1n) is 10.2. The van der Waals surface area contributed by atoms with Gasteiger partial charge in [-0.2, -0.15) is 0 Å². The van der Waals surface area contributed by atoms with Crippen molar-refractivity contribution in [3.8, 4) is 11.4 Å². The van der Waals surface area contributed by atoms with Crippen LogP contribution < -0.4 is 5.32 Å². The molecule has 32 heavy (non-hydrogen) atoms. The van der Waals surface area contributed by atoms with Gasteiger partial charge in [-0.15, -0.1) is 10.2 Å². The minimum Gasteiger partial charge on any atom is -0.325 e. The van der Waals surface area contributed by atoms with Gasteiger partial charge in [-0.05, 0) is 48.7 Å². The number of pyridine rings is 1. The largest absolute Gasteiger partial charge is 0.325 e. The van der Waals surface area contributed by atoms with Crippen molar-refractivity contribution in [2.75, 3.05) is 11.1 Å². The van der Waals surface area contributed by atoms with Gasteiger partial charge in [0.1, 0.15) is 0 Å². The second-order valence-corrected chi connectivity index (χ2v) is 8.59. The van der Waals surface area contributed by atoms with Gasteiger partial charge in [0, 0.05) is 35.2 Å². The Labute approximate surface area is 196 Å². The highest BCUT2D eigenvalue weighted by Gasteiger charge is 2.16. The van der Waals surface area contributed by atoms with Crippen molar-refractivity contribution in [3.05, 3.63) is 89.2 Å². The molecule has 0 radical (unpaired) electrons. The molecule has 4 aromatic rings. The smallest absolute Gasteiger partial charge is 0.234 e. The maximum atomic E-state index is 12.5. The maximum absolute atomic E-state index is 12.5. The predicted molar refractivity (Wildman–Crippen MR) is 129 cm³/mol. The zero-order valence-corrected chi connectivity index (χ0v) is 19.1. The highest BCUT2D eigenvalue weighted by atomic mass is 35.5. The van der Waals surface area contributed by atoms with E-state index in [-0.39, 0.29) is 11.7 Å². The summed E-state index contributed by atoms with van der Waals surface area (Å²) in [5.74, 6) is 0.819. The summed E-state index contributed by atoms with van der Waals surface area (Å²) < 4.78 is 2.05. The van der Waals surface area contributed by atoms with E-state index < -0.39 is 0 Å². The average molecular weight is 464 g/mol. The molecule has 0 spiro atoms. The molecule has 2 heterocycles. The van der Waals surface area contributed by atoms with Gasteiger partial charge in [-0.3, -0.25) is 9.78 Å². The molecule has 162 valence electrons. The van der Waals surface area contributed by atoms with Crippen LogP contribution in [0, 0.1) is 6.92 Å². The number of aryl methyl sites for hydroxylation is 2. The van der Waals surface area contributed by atoms with Gasteiger partial charge in [-0.25, -0.2) is 0 Å². The third-order valence-corrected chi connectivity index (χ3v) is 6.27. The zero-order chi connectivity index (χ0) is 22.3. The Hall–Kier alpha value is -3.16. The van der Waals surface area contributed by atoms with E-state index in [1.807, 2.05) is 54.0 Å². The first-order chi connectivity index (χ1) is 15.6. The molecule has 0 fully saturated rings. The molecule has 0 saturated heterocycles. The minimum atomic E-state index is -0.129. The monoisotopic (exact) mass is 463 g/mol. The molecule has 0 atom stereocenters. The van der Waals surface area contributed by atoms with Crippen LogP contribution in [0.1, 0.15) is 11.1 Å². The van der Waals surface area contributed by atoms with Crippen LogP contribution >= 0.6 is 23.4 Å². The number of hydrogen-bond donors (Lipinski definition) is 1. The first kappa shape index (κ1) is 22.0. The molecule has 0 aliphatic rings. The number of carbonyl (C=O) groups is 1. The Morgan fingerprint density at radius 3 is 2.69 bits per heavy atom. The number of aromatic nitrogens is 4. The average Bonchev–Trinajstić information content (AvgIpc) is 3.23. The van der Waals surface area contributed by atoms with Crippen molar-refractivity contribution < 1.29 is 4.79 Å². The van der Waals surface area contributed by atoms with Gasteiger partial charge in [0.05, 0.1) is 5.75 Å². The number of halogens is 1. The summed E-state index contributed by atoms with van der Waals surface area (Å²) in [4.78, 5) is 16.7. The molecule has 0 unspecified atom stereocenters. The van der Waals surface area contributed by atoms with Crippen molar-refractivity contribution >= 4 is 35.0 Å². The van der Waals surface area contributed by atoms with Crippen LogP contribution in [-0.2, 0) is 17.8 Å². The summed E-state index contributed by atoms with van der Waals surface area (Å²) in [6.07, 6.45) is 4.32. The number of amides is 1. The Bertz CT molecular complexity index is 1200. The number of thioether (sulfide) groups is 1.